The van der Waals surface area contributed by atoms with Gasteiger partial charge >= 0.3 is 5.76 Å². The number of halogens is 1. The first-order chi connectivity index (χ1) is 10.5. The van der Waals surface area contributed by atoms with Crippen molar-refractivity contribution in [3.05, 3.63) is 57.3 Å². The van der Waals surface area contributed by atoms with Gasteiger partial charge in [-0.1, -0.05) is 17.7 Å². The number of aryl methyl sites for hydroxylation is 2. The Balaban J connectivity index is 2.04. The van der Waals surface area contributed by atoms with Crippen molar-refractivity contribution in [2.24, 2.45) is 7.05 Å². The van der Waals surface area contributed by atoms with Crippen molar-refractivity contribution in [3.63, 3.8) is 0 Å². The van der Waals surface area contributed by atoms with Gasteiger partial charge in [-0.15, -0.1) is 0 Å². The second-order valence-electron chi connectivity index (χ2n) is 4.79. The monoisotopic (exact) mass is 317 g/mol. The average Bonchev–Trinajstić information content (AvgIpc) is 2.79. The maximum absolute atomic E-state index is 12.5. The minimum Gasteiger partial charge on any atom is -0.407 e. The Morgan fingerprint density at radius 1 is 1.36 bits per heavy atom. The van der Waals surface area contributed by atoms with E-state index in [-0.39, 0.29) is 11.1 Å². The minimum absolute atomic E-state index is 0.245. The fourth-order valence-corrected chi connectivity index (χ4v) is 2.32. The number of rotatable bonds is 2. The number of anilines is 1. The Kier molecular flexibility index (Phi) is 3.46. The molecule has 0 bridgehead atoms. The predicted octanol–water partition coefficient (Wildman–Crippen LogP) is 2.74. The molecule has 0 fully saturated rings. The molecule has 3 aromatic rings. The molecule has 0 radical (unpaired) electrons. The number of carbonyl (C=O) groups is 1. The van der Waals surface area contributed by atoms with Gasteiger partial charge < -0.3 is 9.73 Å². The van der Waals surface area contributed by atoms with Crippen LogP contribution < -0.4 is 11.1 Å². The molecule has 1 aromatic carbocycles. The molecule has 0 saturated heterocycles. The number of para-hydroxylation sites is 1. The Morgan fingerprint density at radius 2 is 2.14 bits per heavy atom. The van der Waals surface area contributed by atoms with E-state index >= 15 is 0 Å². The van der Waals surface area contributed by atoms with Crippen LogP contribution in [0.5, 0.6) is 0 Å². The number of fused-ring (bicyclic) bond motifs is 1. The van der Waals surface area contributed by atoms with Crippen LogP contribution in [0, 0.1) is 6.92 Å². The van der Waals surface area contributed by atoms with Gasteiger partial charge in [-0.05, 0) is 25.1 Å². The van der Waals surface area contributed by atoms with Crippen LogP contribution in [-0.4, -0.2) is 15.5 Å². The van der Waals surface area contributed by atoms with Gasteiger partial charge in [-0.25, -0.2) is 4.79 Å². The molecule has 7 heteroatoms. The van der Waals surface area contributed by atoms with Crippen molar-refractivity contribution >= 4 is 34.3 Å². The quantitative estimate of drug-likeness (QED) is 0.788. The number of benzene rings is 1. The van der Waals surface area contributed by atoms with Gasteiger partial charge in [-0.2, -0.15) is 0 Å². The number of amides is 1. The van der Waals surface area contributed by atoms with Gasteiger partial charge in [0.25, 0.3) is 5.91 Å². The number of aromatic nitrogens is 2. The Bertz CT molecular complexity index is 943. The van der Waals surface area contributed by atoms with E-state index in [0.29, 0.717) is 21.9 Å². The van der Waals surface area contributed by atoms with Crippen LogP contribution in [0.1, 0.15) is 16.1 Å². The summed E-state index contributed by atoms with van der Waals surface area (Å²) < 4.78 is 6.49. The molecule has 6 nitrogen and oxygen atoms in total. The van der Waals surface area contributed by atoms with Gasteiger partial charge in [0.15, 0.2) is 5.58 Å². The van der Waals surface area contributed by atoms with E-state index < -0.39 is 11.7 Å². The Hall–Kier alpha value is -2.60. The lowest BCUT2D eigenvalue weighted by molar-refractivity contribution is 0.102. The summed E-state index contributed by atoms with van der Waals surface area (Å²) >= 11 is 6.12. The summed E-state index contributed by atoms with van der Waals surface area (Å²) in [6, 6.07) is 6.59. The minimum atomic E-state index is -0.520. The Morgan fingerprint density at radius 3 is 2.91 bits per heavy atom. The SMILES string of the molecule is Cc1nccc(NC(=O)c2cccc3c2oc(=O)n3C)c1Cl. The summed E-state index contributed by atoms with van der Waals surface area (Å²) in [5.41, 5.74) is 2.13. The predicted molar refractivity (Wildman–Crippen MR) is 83.4 cm³/mol. The van der Waals surface area contributed by atoms with Crippen LogP contribution >= 0.6 is 11.6 Å². The lowest BCUT2D eigenvalue weighted by atomic mass is 10.1. The summed E-state index contributed by atoms with van der Waals surface area (Å²) in [4.78, 5) is 28.1. The van der Waals surface area contributed by atoms with Crippen LogP contribution in [-0.2, 0) is 7.05 Å². The highest BCUT2D eigenvalue weighted by molar-refractivity contribution is 6.34. The lowest BCUT2D eigenvalue weighted by Crippen LogP contribution is -2.13. The standard InChI is InChI=1S/C15H12ClN3O3/c1-8-12(16)10(6-7-17-8)18-14(20)9-4-3-5-11-13(9)22-15(21)19(11)2/h3-7H,1-2H3,(H,17,18,20). The molecule has 0 aliphatic heterocycles. The average molecular weight is 318 g/mol. The van der Waals surface area contributed by atoms with E-state index in [1.54, 1.807) is 44.4 Å². The molecule has 0 atom stereocenters. The molecular weight excluding hydrogens is 306 g/mol. The zero-order valence-electron chi connectivity index (χ0n) is 11.9. The first-order valence-electron chi connectivity index (χ1n) is 6.50. The fraction of sp³-hybridized carbons (Fsp3) is 0.133. The number of nitrogens with zero attached hydrogens (tertiary/aromatic N) is 2. The smallest absolute Gasteiger partial charge is 0.407 e. The lowest BCUT2D eigenvalue weighted by Gasteiger charge is -2.08. The molecular formula is C15H12ClN3O3. The highest BCUT2D eigenvalue weighted by Crippen LogP contribution is 2.25. The first kappa shape index (κ1) is 14.3. The number of carbonyl (C=O) groups excluding carboxylic acids is 1. The Labute approximate surface area is 130 Å². The van der Waals surface area contributed by atoms with Crippen LogP contribution in [0.25, 0.3) is 11.1 Å². The molecule has 22 heavy (non-hydrogen) atoms. The first-order valence-corrected chi connectivity index (χ1v) is 6.88. The van der Waals surface area contributed by atoms with Crippen molar-refractivity contribution in [2.75, 3.05) is 5.32 Å². The van der Waals surface area contributed by atoms with Crippen LogP contribution in [0.4, 0.5) is 5.69 Å². The molecule has 112 valence electrons. The van der Waals surface area contributed by atoms with Gasteiger partial charge in [0.2, 0.25) is 0 Å². The third kappa shape index (κ3) is 2.27. The summed E-state index contributed by atoms with van der Waals surface area (Å²) in [5.74, 6) is -0.930. The number of hydrogen-bond donors (Lipinski definition) is 1. The van der Waals surface area contributed by atoms with Gasteiger partial charge in [-0.3, -0.25) is 14.3 Å². The highest BCUT2D eigenvalue weighted by atomic mass is 35.5. The third-order valence-corrected chi connectivity index (χ3v) is 3.85. The summed E-state index contributed by atoms with van der Waals surface area (Å²) in [7, 11) is 1.58. The van der Waals surface area contributed by atoms with E-state index in [9.17, 15) is 9.59 Å². The fourth-order valence-electron chi connectivity index (χ4n) is 2.16. The topological polar surface area (TPSA) is 77.1 Å². The van der Waals surface area contributed by atoms with Crippen LogP contribution in [0.3, 0.4) is 0 Å². The number of hydrogen-bond acceptors (Lipinski definition) is 4. The van der Waals surface area contributed by atoms with E-state index in [1.165, 1.54) is 4.57 Å². The van der Waals surface area contributed by atoms with Crippen molar-refractivity contribution in [3.8, 4) is 0 Å². The summed E-state index contributed by atoms with van der Waals surface area (Å²) in [5, 5.41) is 3.08. The largest absolute Gasteiger partial charge is 0.419 e. The molecule has 0 unspecified atom stereocenters. The van der Waals surface area contributed by atoms with Crippen molar-refractivity contribution in [1.29, 1.82) is 0 Å². The molecule has 0 aliphatic rings. The molecule has 1 N–H and O–H groups in total. The molecule has 1 amide bonds. The van der Waals surface area contributed by atoms with Crippen LogP contribution in [0.15, 0.2) is 39.7 Å². The molecule has 0 aliphatic carbocycles. The zero-order chi connectivity index (χ0) is 15.9. The van der Waals surface area contributed by atoms with E-state index in [0.717, 1.165) is 0 Å². The molecule has 3 rings (SSSR count). The molecule has 2 aromatic heterocycles. The number of pyridine rings is 1. The maximum atomic E-state index is 12.5. The normalized spacial score (nSPS) is 10.9. The second-order valence-corrected chi connectivity index (χ2v) is 5.17. The van der Waals surface area contributed by atoms with E-state index in [4.69, 9.17) is 16.0 Å². The zero-order valence-corrected chi connectivity index (χ0v) is 12.6. The third-order valence-electron chi connectivity index (χ3n) is 3.38. The van der Waals surface area contributed by atoms with Gasteiger partial charge in [0, 0.05) is 13.2 Å². The second kappa shape index (κ2) is 5.31. The molecule has 2 heterocycles. The number of nitrogens with one attached hydrogen (secondary N) is 1. The van der Waals surface area contributed by atoms with E-state index in [2.05, 4.69) is 10.3 Å². The number of oxazole rings is 1. The summed E-state index contributed by atoms with van der Waals surface area (Å²) in [6.07, 6.45) is 1.56. The maximum Gasteiger partial charge on any atom is 0.419 e. The van der Waals surface area contributed by atoms with Crippen molar-refractivity contribution in [2.45, 2.75) is 6.92 Å². The molecule has 0 saturated carbocycles. The van der Waals surface area contributed by atoms with E-state index in [1.807, 2.05) is 0 Å². The van der Waals surface area contributed by atoms with Gasteiger partial charge in [0.1, 0.15) is 0 Å². The van der Waals surface area contributed by atoms with Gasteiger partial charge in [0.05, 0.1) is 27.5 Å². The molecule has 0 spiro atoms. The van der Waals surface area contributed by atoms with Crippen molar-refractivity contribution < 1.29 is 9.21 Å². The van der Waals surface area contributed by atoms with Crippen LogP contribution in [0.2, 0.25) is 5.02 Å². The highest BCUT2D eigenvalue weighted by Gasteiger charge is 2.17. The summed E-state index contributed by atoms with van der Waals surface area (Å²) in [6.45, 7) is 1.74. The van der Waals surface area contributed by atoms with Crippen molar-refractivity contribution in [1.82, 2.24) is 9.55 Å².